The van der Waals surface area contributed by atoms with Crippen molar-refractivity contribution in [2.75, 3.05) is 13.4 Å². The fourth-order valence-corrected chi connectivity index (χ4v) is 2.19. The minimum absolute atomic E-state index is 0.0149. The van der Waals surface area contributed by atoms with Crippen LogP contribution in [-0.4, -0.2) is 19.7 Å². The second-order valence-electron chi connectivity index (χ2n) is 4.94. The number of benzene rings is 1. The highest BCUT2D eigenvalue weighted by atomic mass is 16.7. The van der Waals surface area contributed by atoms with Gasteiger partial charge in [-0.3, -0.25) is 0 Å². The first-order valence-electron chi connectivity index (χ1n) is 7.41. The molecule has 4 nitrogen and oxygen atoms in total. The Labute approximate surface area is 121 Å². The molecule has 1 aliphatic rings. The van der Waals surface area contributed by atoms with Crippen LogP contribution in [0.3, 0.4) is 0 Å². The number of fused-ring (bicyclic) bond motifs is 1. The lowest BCUT2D eigenvalue weighted by atomic mass is 10.1. The summed E-state index contributed by atoms with van der Waals surface area (Å²) in [5, 5.41) is 0. The molecule has 0 saturated heterocycles. The standard InChI is InChI=1S/C16H24O4/c1-4-6-9-17-12(3)20-14(5-2)13-7-8-15-16(10-13)19-11-18-15/h7-8,10,12,14H,4-6,9,11H2,1-3H3/t12-,14+/m0/s1. The molecule has 1 aromatic rings. The zero-order valence-corrected chi connectivity index (χ0v) is 12.6. The zero-order chi connectivity index (χ0) is 14.4. The molecule has 4 heteroatoms. The van der Waals surface area contributed by atoms with Crippen LogP contribution >= 0.6 is 0 Å². The van der Waals surface area contributed by atoms with Crippen molar-refractivity contribution in [3.05, 3.63) is 23.8 Å². The van der Waals surface area contributed by atoms with Gasteiger partial charge in [0.25, 0.3) is 0 Å². The maximum absolute atomic E-state index is 5.97. The maximum atomic E-state index is 5.97. The third kappa shape index (κ3) is 3.87. The van der Waals surface area contributed by atoms with Gasteiger partial charge in [0, 0.05) is 6.61 Å². The average Bonchev–Trinajstić information content (AvgIpc) is 2.92. The molecule has 0 fully saturated rings. The van der Waals surface area contributed by atoms with E-state index in [4.69, 9.17) is 18.9 Å². The smallest absolute Gasteiger partial charge is 0.231 e. The summed E-state index contributed by atoms with van der Waals surface area (Å²) in [6.45, 7) is 7.25. The minimum Gasteiger partial charge on any atom is -0.454 e. The van der Waals surface area contributed by atoms with Gasteiger partial charge in [-0.1, -0.05) is 26.3 Å². The van der Waals surface area contributed by atoms with E-state index in [0.717, 1.165) is 42.9 Å². The fourth-order valence-electron chi connectivity index (χ4n) is 2.19. The van der Waals surface area contributed by atoms with Crippen molar-refractivity contribution in [2.45, 2.75) is 52.4 Å². The molecule has 0 aromatic heterocycles. The molecule has 0 radical (unpaired) electrons. The molecule has 20 heavy (non-hydrogen) atoms. The fraction of sp³-hybridized carbons (Fsp3) is 0.625. The molecule has 1 heterocycles. The van der Waals surface area contributed by atoms with Gasteiger partial charge in [-0.25, -0.2) is 0 Å². The minimum atomic E-state index is -0.197. The van der Waals surface area contributed by atoms with E-state index >= 15 is 0 Å². The third-order valence-corrected chi connectivity index (χ3v) is 3.35. The molecule has 0 unspecified atom stereocenters. The lowest BCUT2D eigenvalue weighted by molar-refractivity contribution is -0.163. The Balaban J connectivity index is 1.94. The van der Waals surface area contributed by atoms with Gasteiger partial charge in [0.1, 0.15) is 0 Å². The molecule has 0 bridgehead atoms. The number of ether oxygens (including phenoxy) is 4. The number of rotatable bonds is 8. The van der Waals surface area contributed by atoms with E-state index in [9.17, 15) is 0 Å². The van der Waals surface area contributed by atoms with Gasteiger partial charge in [-0.2, -0.15) is 0 Å². The predicted molar refractivity (Wildman–Crippen MR) is 77.0 cm³/mol. The second-order valence-corrected chi connectivity index (χ2v) is 4.94. The highest BCUT2D eigenvalue weighted by molar-refractivity contribution is 5.45. The van der Waals surface area contributed by atoms with E-state index in [1.54, 1.807) is 0 Å². The van der Waals surface area contributed by atoms with E-state index < -0.39 is 0 Å². The SMILES string of the molecule is CCCCO[C@H](C)O[C@H](CC)c1ccc2c(c1)OCO2. The summed E-state index contributed by atoms with van der Waals surface area (Å²) in [6.07, 6.45) is 2.90. The van der Waals surface area contributed by atoms with Crippen LogP contribution in [0.25, 0.3) is 0 Å². The first-order chi connectivity index (χ1) is 9.74. The van der Waals surface area contributed by atoms with Crippen LogP contribution in [0.15, 0.2) is 18.2 Å². The van der Waals surface area contributed by atoms with Gasteiger partial charge in [0.15, 0.2) is 17.8 Å². The van der Waals surface area contributed by atoms with Gasteiger partial charge < -0.3 is 18.9 Å². The molecule has 2 atom stereocenters. The van der Waals surface area contributed by atoms with Crippen molar-refractivity contribution in [2.24, 2.45) is 0 Å². The van der Waals surface area contributed by atoms with Crippen LogP contribution < -0.4 is 9.47 Å². The van der Waals surface area contributed by atoms with Crippen molar-refractivity contribution in [3.8, 4) is 11.5 Å². The molecule has 0 N–H and O–H groups in total. The van der Waals surface area contributed by atoms with E-state index in [1.807, 2.05) is 25.1 Å². The molecular weight excluding hydrogens is 256 g/mol. The Morgan fingerprint density at radius 2 is 2.00 bits per heavy atom. The summed E-state index contributed by atoms with van der Waals surface area (Å²) in [4.78, 5) is 0. The molecule has 0 amide bonds. The van der Waals surface area contributed by atoms with Crippen LogP contribution in [-0.2, 0) is 9.47 Å². The maximum Gasteiger partial charge on any atom is 0.231 e. The van der Waals surface area contributed by atoms with Crippen molar-refractivity contribution >= 4 is 0 Å². The summed E-state index contributed by atoms with van der Waals surface area (Å²) in [6, 6.07) is 5.96. The van der Waals surface area contributed by atoms with Gasteiger partial charge in [-0.15, -0.1) is 0 Å². The first kappa shape index (κ1) is 15.1. The van der Waals surface area contributed by atoms with Crippen LogP contribution in [0.4, 0.5) is 0 Å². The van der Waals surface area contributed by atoms with E-state index in [1.165, 1.54) is 0 Å². The molecular formula is C16H24O4. The lowest BCUT2D eigenvalue weighted by Gasteiger charge is -2.22. The molecule has 0 saturated carbocycles. The highest BCUT2D eigenvalue weighted by Gasteiger charge is 2.19. The van der Waals surface area contributed by atoms with Gasteiger partial charge >= 0.3 is 0 Å². The summed E-state index contributed by atoms with van der Waals surface area (Å²) in [5.41, 5.74) is 1.10. The van der Waals surface area contributed by atoms with Crippen LogP contribution in [0.5, 0.6) is 11.5 Å². The summed E-state index contributed by atoms with van der Waals surface area (Å²) in [5.74, 6) is 1.60. The Hall–Kier alpha value is -1.26. The molecule has 0 aliphatic carbocycles. The number of hydrogen-bond donors (Lipinski definition) is 0. The molecule has 0 spiro atoms. The highest BCUT2D eigenvalue weighted by Crippen LogP contribution is 2.36. The van der Waals surface area contributed by atoms with E-state index in [0.29, 0.717) is 6.79 Å². The summed E-state index contributed by atoms with van der Waals surface area (Å²) in [7, 11) is 0. The second kappa shape index (κ2) is 7.50. The Morgan fingerprint density at radius 1 is 1.20 bits per heavy atom. The van der Waals surface area contributed by atoms with Gasteiger partial charge in [0.05, 0.1) is 6.10 Å². The average molecular weight is 280 g/mol. The topological polar surface area (TPSA) is 36.9 Å². The lowest BCUT2D eigenvalue weighted by Crippen LogP contribution is -2.17. The number of hydrogen-bond acceptors (Lipinski definition) is 4. The van der Waals surface area contributed by atoms with Crippen molar-refractivity contribution < 1.29 is 18.9 Å². The van der Waals surface area contributed by atoms with Crippen LogP contribution in [0.1, 0.15) is 51.7 Å². The van der Waals surface area contributed by atoms with Crippen LogP contribution in [0, 0.1) is 0 Å². The summed E-state index contributed by atoms with van der Waals surface area (Å²) < 4.78 is 22.4. The molecule has 1 aromatic carbocycles. The monoisotopic (exact) mass is 280 g/mol. The van der Waals surface area contributed by atoms with Crippen molar-refractivity contribution in [1.29, 1.82) is 0 Å². The Morgan fingerprint density at radius 3 is 2.75 bits per heavy atom. The third-order valence-electron chi connectivity index (χ3n) is 3.35. The Kier molecular flexibility index (Phi) is 5.68. The largest absolute Gasteiger partial charge is 0.454 e. The van der Waals surface area contributed by atoms with Crippen molar-refractivity contribution in [1.82, 2.24) is 0 Å². The van der Waals surface area contributed by atoms with Gasteiger partial charge in [-0.05, 0) is 37.5 Å². The van der Waals surface area contributed by atoms with Crippen molar-refractivity contribution in [3.63, 3.8) is 0 Å². The molecule has 1 aliphatic heterocycles. The predicted octanol–water partition coefficient (Wildman–Crippen LogP) is 4.05. The quantitative estimate of drug-likeness (QED) is 0.532. The molecule has 2 rings (SSSR count). The number of unbranched alkanes of at least 4 members (excludes halogenated alkanes) is 1. The van der Waals surface area contributed by atoms with E-state index in [2.05, 4.69) is 13.8 Å². The molecule has 112 valence electrons. The first-order valence-corrected chi connectivity index (χ1v) is 7.41. The normalized spacial score (nSPS) is 16.1. The Bertz CT molecular complexity index is 419. The van der Waals surface area contributed by atoms with E-state index in [-0.39, 0.29) is 12.4 Å². The zero-order valence-electron chi connectivity index (χ0n) is 12.6. The summed E-state index contributed by atoms with van der Waals surface area (Å²) >= 11 is 0. The van der Waals surface area contributed by atoms with Crippen LogP contribution in [0.2, 0.25) is 0 Å². The van der Waals surface area contributed by atoms with Gasteiger partial charge in [0.2, 0.25) is 6.79 Å².